The third-order valence-corrected chi connectivity index (χ3v) is 7.96. The van der Waals surface area contributed by atoms with E-state index in [1.54, 1.807) is 19.1 Å². The third kappa shape index (κ3) is 4.41. The Morgan fingerprint density at radius 1 is 1.19 bits per heavy atom. The van der Waals surface area contributed by atoms with Crippen LogP contribution in [0.15, 0.2) is 56.6 Å². The van der Waals surface area contributed by atoms with E-state index < -0.39 is 27.7 Å². The van der Waals surface area contributed by atoms with Crippen LogP contribution in [0.5, 0.6) is 0 Å². The number of fused-ring (bicyclic) bond motifs is 1. The van der Waals surface area contributed by atoms with Crippen molar-refractivity contribution in [2.45, 2.75) is 37.3 Å². The highest BCUT2D eigenvalue weighted by Gasteiger charge is 2.40. The quantitative estimate of drug-likeness (QED) is 0.386. The van der Waals surface area contributed by atoms with Crippen LogP contribution in [0, 0.1) is 6.92 Å². The molecular formula is C22H19Cl2NO6S. The summed E-state index contributed by atoms with van der Waals surface area (Å²) in [5.41, 5.74) is 0.915. The standard InChI is InChI=1S/C22H19Cl2NO6S/c1-13-9-20-17(11-18(13)24)14(10-21(26)31-20)12-30-22(27)19-3-2-8-25(19)32(28,29)16-6-4-15(23)5-7-16/h4-7,9-11,19H,2-3,8,12H2,1H3/t19-/m1/s1. The normalized spacial score (nSPS) is 17.0. The minimum atomic E-state index is -3.89. The van der Waals surface area contributed by atoms with Crippen molar-refractivity contribution < 1.29 is 22.4 Å². The predicted molar refractivity (Wildman–Crippen MR) is 120 cm³/mol. The van der Waals surface area contributed by atoms with E-state index in [9.17, 15) is 18.0 Å². The van der Waals surface area contributed by atoms with E-state index in [0.717, 1.165) is 9.87 Å². The predicted octanol–water partition coefficient (Wildman–Crippen LogP) is 4.30. The van der Waals surface area contributed by atoms with E-state index in [1.165, 1.54) is 30.3 Å². The van der Waals surface area contributed by atoms with Gasteiger partial charge in [0.25, 0.3) is 0 Å². The zero-order valence-electron chi connectivity index (χ0n) is 17.0. The van der Waals surface area contributed by atoms with E-state index in [2.05, 4.69) is 0 Å². The van der Waals surface area contributed by atoms with E-state index in [0.29, 0.717) is 39.4 Å². The zero-order valence-corrected chi connectivity index (χ0v) is 19.3. The Morgan fingerprint density at radius 3 is 2.62 bits per heavy atom. The molecule has 10 heteroatoms. The monoisotopic (exact) mass is 495 g/mol. The average Bonchev–Trinajstić information content (AvgIpc) is 3.24. The fourth-order valence-corrected chi connectivity index (χ4v) is 5.65. The van der Waals surface area contributed by atoms with Crippen molar-refractivity contribution >= 4 is 50.2 Å². The number of hydrogen-bond acceptors (Lipinski definition) is 6. The maximum atomic E-state index is 13.0. The van der Waals surface area contributed by atoms with E-state index in [-0.39, 0.29) is 18.0 Å². The molecule has 3 aromatic rings. The number of nitrogens with zero attached hydrogens (tertiary/aromatic N) is 1. The largest absolute Gasteiger partial charge is 0.460 e. The zero-order chi connectivity index (χ0) is 23.0. The highest BCUT2D eigenvalue weighted by Crippen LogP contribution is 2.29. The van der Waals surface area contributed by atoms with Crippen molar-refractivity contribution in [1.82, 2.24) is 4.31 Å². The lowest BCUT2D eigenvalue weighted by Gasteiger charge is -2.23. The van der Waals surface area contributed by atoms with Crippen LogP contribution in [-0.2, 0) is 26.2 Å². The number of carbonyl (C=O) groups is 1. The van der Waals surface area contributed by atoms with Gasteiger partial charge >= 0.3 is 11.6 Å². The molecule has 1 fully saturated rings. The Labute approximate surface area is 194 Å². The molecule has 0 aliphatic carbocycles. The number of carbonyl (C=O) groups excluding carboxylic acids is 1. The molecule has 0 bridgehead atoms. The van der Waals surface area contributed by atoms with Gasteiger partial charge in [-0.05, 0) is 61.7 Å². The van der Waals surface area contributed by atoms with Gasteiger partial charge in [-0.25, -0.2) is 13.2 Å². The maximum Gasteiger partial charge on any atom is 0.336 e. The van der Waals surface area contributed by atoms with E-state index in [4.69, 9.17) is 32.4 Å². The highest BCUT2D eigenvalue weighted by molar-refractivity contribution is 7.89. The molecule has 1 aromatic heterocycles. The second kappa shape index (κ2) is 8.86. The number of esters is 1. The van der Waals surface area contributed by atoms with Crippen LogP contribution in [0.25, 0.3) is 11.0 Å². The van der Waals surface area contributed by atoms with E-state index in [1.807, 2.05) is 0 Å². The van der Waals surface area contributed by atoms with Crippen molar-refractivity contribution in [2.75, 3.05) is 6.54 Å². The van der Waals surface area contributed by atoms with Gasteiger partial charge in [-0.1, -0.05) is 23.2 Å². The lowest BCUT2D eigenvalue weighted by Crippen LogP contribution is -2.41. The van der Waals surface area contributed by atoms with Crippen LogP contribution in [0.3, 0.4) is 0 Å². The number of aryl methyl sites for hydroxylation is 1. The maximum absolute atomic E-state index is 13.0. The molecule has 1 aliphatic rings. The summed E-state index contributed by atoms with van der Waals surface area (Å²) < 4.78 is 37.9. The van der Waals surface area contributed by atoms with Gasteiger partial charge in [0.05, 0.1) is 4.90 Å². The van der Waals surface area contributed by atoms with Gasteiger partial charge in [-0.2, -0.15) is 4.31 Å². The summed E-state index contributed by atoms with van der Waals surface area (Å²) >= 11 is 12.0. The number of ether oxygens (including phenoxy) is 1. The van der Waals surface area contributed by atoms with Crippen molar-refractivity contribution in [2.24, 2.45) is 0 Å². The topological polar surface area (TPSA) is 93.9 Å². The molecule has 4 rings (SSSR count). The van der Waals surface area contributed by atoms with Gasteiger partial charge in [0, 0.05) is 33.6 Å². The molecule has 32 heavy (non-hydrogen) atoms. The van der Waals surface area contributed by atoms with Crippen LogP contribution in [0.2, 0.25) is 10.0 Å². The number of halogens is 2. The van der Waals surface area contributed by atoms with Crippen molar-refractivity contribution in [3.8, 4) is 0 Å². The summed E-state index contributed by atoms with van der Waals surface area (Å²) in [6, 6.07) is 9.34. The smallest absolute Gasteiger partial charge is 0.336 e. The number of rotatable bonds is 5. The minimum absolute atomic E-state index is 0.0540. The van der Waals surface area contributed by atoms with Gasteiger partial charge in [0.15, 0.2) is 0 Å². The summed E-state index contributed by atoms with van der Waals surface area (Å²) in [4.78, 5) is 24.8. The third-order valence-electron chi connectivity index (χ3n) is 5.38. The average molecular weight is 496 g/mol. The molecule has 2 aromatic carbocycles. The Bertz CT molecular complexity index is 1350. The molecular weight excluding hydrogens is 477 g/mol. The molecule has 0 N–H and O–H groups in total. The summed E-state index contributed by atoms with van der Waals surface area (Å²) in [6.45, 7) is 1.77. The summed E-state index contributed by atoms with van der Waals surface area (Å²) in [5.74, 6) is -0.681. The number of benzene rings is 2. The van der Waals surface area contributed by atoms with E-state index >= 15 is 0 Å². The Balaban J connectivity index is 1.56. The first-order valence-electron chi connectivity index (χ1n) is 9.84. The minimum Gasteiger partial charge on any atom is -0.460 e. The van der Waals surface area contributed by atoms with Crippen molar-refractivity contribution in [3.63, 3.8) is 0 Å². The highest BCUT2D eigenvalue weighted by atomic mass is 35.5. The molecule has 0 unspecified atom stereocenters. The number of sulfonamides is 1. The SMILES string of the molecule is Cc1cc2oc(=O)cc(COC(=O)[C@H]3CCCN3S(=O)(=O)c3ccc(Cl)cc3)c2cc1Cl. The molecule has 0 spiro atoms. The molecule has 1 saturated heterocycles. The first-order valence-corrected chi connectivity index (χ1v) is 12.0. The fourth-order valence-electron chi connectivity index (χ4n) is 3.72. The molecule has 1 aliphatic heterocycles. The summed E-state index contributed by atoms with van der Waals surface area (Å²) in [5, 5.41) is 1.44. The Morgan fingerprint density at radius 2 is 1.91 bits per heavy atom. The Hall–Kier alpha value is -2.39. The molecule has 0 radical (unpaired) electrons. The first kappa shape index (κ1) is 22.8. The first-order chi connectivity index (χ1) is 15.2. The van der Waals surface area contributed by atoms with Crippen LogP contribution in [0.4, 0.5) is 0 Å². The van der Waals surface area contributed by atoms with Gasteiger partial charge in [0.1, 0.15) is 18.2 Å². The molecule has 0 amide bonds. The number of hydrogen-bond donors (Lipinski definition) is 0. The second-order valence-electron chi connectivity index (χ2n) is 7.52. The van der Waals surface area contributed by atoms with Crippen molar-refractivity contribution in [3.05, 3.63) is 74.1 Å². The van der Waals surface area contributed by atoms with Gasteiger partial charge in [-0.15, -0.1) is 0 Å². The lowest BCUT2D eigenvalue weighted by atomic mass is 10.1. The van der Waals surface area contributed by atoms with Crippen molar-refractivity contribution in [1.29, 1.82) is 0 Å². The lowest BCUT2D eigenvalue weighted by molar-refractivity contribution is -0.148. The molecule has 0 saturated carbocycles. The van der Waals surface area contributed by atoms with Gasteiger partial charge in [-0.3, -0.25) is 4.79 Å². The molecule has 168 valence electrons. The van der Waals surface area contributed by atoms with Crippen LogP contribution in [0.1, 0.15) is 24.0 Å². The van der Waals surface area contributed by atoms with Crippen LogP contribution in [-0.4, -0.2) is 31.3 Å². The second-order valence-corrected chi connectivity index (χ2v) is 10.3. The molecule has 1 atom stereocenters. The van der Waals surface area contributed by atoms with Crippen LogP contribution >= 0.6 is 23.2 Å². The fraction of sp³-hybridized carbons (Fsp3) is 0.273. The van der Waals surface area contributed by atoms with Gasteiger partial charge < -0.3 is 9.15 Å². The molecule has 7 nitrogen and oxygen atoms in total. The van der Waals surface area contributed by atoms with Crippen LogP contribution < -0.4 is 5.63 Å². The Kier molecular flexibility index (Phi) is 6.31. The molecule has 2 heterocycles. The van der Waals surface area contributed by atoms with Gasteiger partial charge in [0.2, 0.25) is 10.0 Å². The summed E-state index contributed by atoms with van der Waals surface area (Å²) in [6.07, 6.45) is 0.869. The summed E-state index contributed by atoms with van der Waals surface area (Å²) in [7, 11) is -3.89.